The van der Waals surface area contributed by atoms with E-state index in [1.165, 1.54) is 6.33 Å². The number of benzene rings is 1. The molecule has 1 aliphatic carbocycles. The van der Waals surface area contributed by atoms with E-state index in [0.29, 0.717) is 19.0 Å². The van der Waals surface area contributed by atoms with Crippen molar-refractivity contribution < 1.29 is 9.90 Å². The Kier molecular flexibility index (Phi) is 4.87. The average molecular weight is 315 g/mol. The number of nitrogens with one attached hydrogen (secondary N) is 2. The number of carbonyl (C=O) groups excluding carboxylic acids is 1. The summed E-state index contributed by atoms with van der Waals surface area (Å²) in [6.07, 6.45) is 5.53. The van der Waals surface area contributed by atoms with Crippen molar-refractivity contribution in [3.8, 4) is 5.69 Å². The molecule has 0 aliphatic heterocycles. The Hall–Kier alpha value is -2.41. The van der Waals surface area contributed by atoms with Gasteiger partial charge in [-0.15, -0.1) is 0 Å². The second-order valence-corrected chi connectivity index (χ2v) is 5.90. The molecule has 1 heterocycles. The zero-order chi connectivity index (χ0) is 16.1. The van der Waals surface area contributed by atoms with Gasteiger partial charge in [0.2, 0.25) is 0 Å². The van der Waals surface area contributed by atoms with Gasteiger partial charge in [0.05, 0.1) is 11.8 Å². The monoisotopic (exact) mass is 315 g/mol. The molecule has 2 amide bonds. The number of carbonyl (C=O) groups is 1. The first-order chi connectivity index (χ1) is 11.2. The number of nitrogens with zero attached hydrogens (tertiary/aromatic N) is 3. The van der Waals surface area contributed by atoms with Gasteiger partial charge in [0.1, 0.15) is 12.7 Å². The molecule has 0 saturated heterocycles. The molecule has 2 aromatic rings. The summed E-state index contributed by atoms with van der Waals surface area (Å²) in [5.41, 5.74) is 1.94. The van der Waals surface area contributed by atoms with Crippen LogP contribution in [-0.4, -0.2) is 38.6 Å². The van der Waals surface area contributed by atoms with Gasteiger partial charge < -0.3 is 15.7 Å². The maximum absolute atomic E-state index is 11.8. The lowest BCUT2D eigenvalue weighted by Gasteiger charge is -2.12. The molecule has 0 spiro atoms. The minimum absolute atomic E-state index is 0.174. The summed E-state index contributed by atoms with van der Waals surface area (Å²) in [4.78, 5) is 15.7. The van der Waals surface area contributed by atoms with Gasteiger partial charge >= 0.3 is 6.03 Å². The summed E-state index contributed by atoms with van der Waals surface area (Å²) in [6, 6.07) is 7.59. The molecule has 0 radical (unpaired) electrons. The van der Waals surface area contributed by atoms with Crippen LogP contribution in [0.25, 0.3) is 5.69 Å². The van der Waals surface area contributed by atoms with Crippen LogP contribution in [0.3, 0.4) is 0 Å². The van der Waals surface area contributed by atoms with Crippen LogP contribution in [0.2, 0.25) is 0 Å². The van der Waals surface area contributed by atoms with E-state index in [9.17, 15) is 9.90 Å². The van der Waals surface area contributed by atoms with Crippen molar-refractivity contribution in [1.29, 1.82) is 0 Å². The number of aliphatic hydroxyl groups is 1. The molecule has 1 aromatic heterocycles. The maximum atomic E-state index is 11.8. The number of aliphatic hydroxyl groups excluding tert-OH is 1. The smallest absolute Gasteiger partial charge is 0.315 e. The first-order valence-corrected chi connectivity index (χ1v) is 7.84. The minimum atomic E-state index is -0.201. The third-order valence-corrected chi connectivity index (χ3v) is 4.14. The van der Waals surface area contributed by atoms with Gasteiger partial charge in [0.15, 0.2) is 0 Å². The molecular formula is C16H21N5O2. The lowest BCUT2D eigenvalue weighted by molar-refractivity contribution is 0.177. The first-order valence-electron chi connectivity index (χ1n) is 7.84. The topological polar surface area (TPSA) is 92.1 Å². The van der Waals surface area contributed by atoms with Gasteiger partial charge in [-0.2, -0.15) is 5.10 Å². The van der Waals surface area contributed by atoms with Crippen LogP contribution >= 0.6 is 0 Å². The standard InChI is InChI=1S/C16H21N5O2/c22-15-6-3-13(7-15)9-19-16(23)18-8-12-1-4-14(5-2-12)21-11-17-10-20-21/h1-2,4-5,10-11,13,15,22H,3,6-9H2,(H2,18,19,23)/t13-,15+/m0/s1. The molecule has 3 rings (SSSR count). The third-order valence-electron chi connectivity index (χ3n) is 4.14. The third kappa shape index (κ3) is 4.29. The van der Waals surface area contributed by atoms with Crippen molar-refractivity contribution in [3.05, 3.63) is 42.5 Å². The fourth-order valence-electron chi connectivity index (χ4n) is 2.82. The van der Waals surface area contributed by atoms with Crippen LogP contribution in [0, 0.1) is 5.92 Å². The lowest BCUT2D eigenvalue weighted by atomic mass is 10.1. The normalized spacial score (nSPS) is 20.4. The summed E-state index contributed by atoms with van der Waals surface area (Å²) in [5, 5.41) is 19.2. The summed E-state index contributed by atoms with van der Waals surface area (Å²) < 4.78 is 1.68. The van der Waals surface area contributed by atoms with E-state index < -0.39 is 0 Å². The van der Waals surface area contributed by atoms with Crippen LogP contribution in [0.1, 0.15) is 24.8 Å². The molecule has 1 saturated carbocycles. The molecule has 7 heteroatoms. The maximum Gasteiger partial charge on any atom is 0.315 e. The highest BCUT2D eigenvalue weighted by molar-refractivity contribution is 5.73. The van der Waals surface area contributed by atoms with Crippen molar-refractivity contribution >= 4 is 6.03 Å². The average Bonchev–Trinajstić information content (AvgIpc) is 3.23. The summed E-state index contributed by atoms with van der Waals surface area (Å²) in [6.45, 7) is 1.09. The zero-order valence-corrected chi connectivity index (χ0v) is 12.9. The molecule has 7 nitrogen and oxygen atoms in total. The predicted octanol–water partition coefficient (Wildman–Crippen LogP) is 1.23. The number of hydrogen-bond donors (Lipinski definition) is 3. The SMILES string of the molecule is O=C(NCc1ccc(-n2cncn2)cc1)NC[C@H]1CC[C@@H](O)C1. The van der Waals surface area contributed by atoms with Crippen molar-refractivity contribution in [2.75, 3.05) is 6.54 Å². The Balaban J connectivity index is 1.42. The van der Waals surface area contributed by atoms with Crippen LogP contribution in [-0.2, 0) is 6.54 Å². The van der Waals surface area contributed by atoms with Gasteiger partial charge in [-0.1, -0.05) is 12.1 Å². The van der Waals surface area contributed by atoms with Crippen molar-refractivity contribution in [1.82, 2.24) is 25.4 Å². The van der Waals surface area contributed by atoms with E-state index in [4.69, 9.17) is 0 Å². The zero-order valence-electron chi connectivity index (χ0n) is 12.9. The number of aromatic nitrogens is 3. The number of hydrogen-bond acceptors (Lipinski definition) is 4. The van der Waals surface area contributed by atoms with Gasteiger partial charge in [-0.3, -0.25) is 0 Å². The van der Waals surface area contributed by atoms with E-state index in [0.717, 1.165) is 30.5 Å². The van der Waals surface area contributed by atoms with Crippen molar-refractivity contribution in [2.45, 2.75) is 31.9 Å². The second-order valence-electron chi connectivity index (χ2n) is 5.90. The molecule has 1 aromatic carbocycles. The molecule has 122 valence electrons. The fraction of sp³-hybridized carbons (Fsp3) is 0.438. The quantitative estimate of drug-likeness (QED) is 0.774. The van der Waals surface area contributed by atoms with Crippen LogP contribution in [0.4, 0.5) is 4.79 Å². The van der Waals surface area contributed by atoms with Gasteiger partial charge in [0, 0.05) is 13.1 Å². The van der Waals surface area contributed by atoms with E-state index in [1.54, 1.807) is 11.0 Å². The fourth-order valence-corrected chi connectivity index (χ4v) is 2.82. The Labute approximate surface area is 134 Å². The van der Waals surface area contributed by atoms with Crippen molar-refractivity contribution in [2.24, 2.45) is 5.92 Å². The molecule has 0 unspecified atom stereocenters. The summed E-state index contributed by atoms with van der Waals surface area (Å²) in [7, 11) is 0. The summed E-state index contributed by atoms with van der Waals surface area (Å²) in [5.74, 6) is 0.387. The Morgan fingerprint density at radius 1 is 1.26 bits per heavy atom. The second kappa shape index (κ2) is 7.23. The van der Waals surface area contributed by atoms with Crippen LogP contribution < -0.4 is 10.6 Å². The van der Waals surface area contributed by atoms with E-state index in [-0.39, 0.29) is 12.1 Å². The van der Waals surface area contributed by atoms with E-state index in [1.807, 2.05) is 24.3 Å². The van der Waals surface area contributed by atoms with E-state index in [2.05, 4.69) is 20.7 Å². The highest BCUT2D eigenvalue weighted by atomic mass is 16.3. The Morgan fingerprint density at radius 2 is 2.09 bits per heavy atom. The minimum Gasteiger partial charge on any atom is -0.393 e. The van der Waals surface area contributed by atoms with Crippen LogP contribution in [0.5, 0.6) is 0 Å². The van der Waals surface area contributed by atoms with Gasteiger partial charge in [-0.25, -0.2) is 14.5 Å². The van der Waals surface area contributed by atoms with Crippen molar-refractivity contribution in [3.63, 3.8) is 0 Å². The van der Waals surface area contributed by atoms with Crippen LogP contribution in [0.15, 0.2) is 36.9 Å². The molecular weight excluding hydrogens is 294 g/mol. The number of amides is 2. The lowest BCUT2D eigenvalue weighted by Crippen LogP contribution is -2.37. The Bertz CT molecular complexity index is 626. The molecule has 3 N–H and O–H groups in total. The molecule has 1 aliphatic rings. The largest absolute Gasteiger partial charge is 0.393 e. The summed E-state index contributed by atoms with van der Waals surface area (Å²) >= 11 is 0. The molecule has 23 heavy (non-hydrogen) atoms. The van der Waals surface area contributed by atoms with Gasteiger partial charge in [-0.05, 0) is 42.9 Å². The highest BCUT2D eigenvalue weighted by Crippen LogP contribution is 2.24. The predicted molar refractivity (Wildman–Crippen MR) is 84.9 cm³/mol. The van der Waals surface area contributed by atoms with Gasteiger partial charge in [0.25, 0.3) is 0 Å². The molecule has 2 atom stereocenters. The first kappa shape index (κ1) is 15.5. The highest BCUT2D eigenvalue weighted by Gasteiger charge is 2.22. The molecule has 1 fully saturated rings. The van der Waals surface area contributed by atoms with E-state index >= 15 is 0 Å². The number of urea groups is 1. The number of rotatable bonds is 5. The molecule has 0 bridgehead atoms. The Morgan fingerprint density at radius 3 is 2.74 bits per heavy atom.